The number of likely N-dealkylation sites (tertiary alicyclic amines) is 1. The number of thiazole rings is 1. The van der Waals surface area contributed by atoms with E-state index in [1.165, 1.54) is 0 Å². The molecule has 1 aromatic heterocycles. The molecule has 22 heavy (non-hydrogen) atoms. The first-order valence-electron chi connectivity index (χ1n) is 7.67. The Hall–Kier alpha value is -1.63. The number of nitrogens with one attached hydrogen (secondary N) is 1. The molecule has 6 nitrogen and oxygen atoms in total. The first-order chi connectivity index (χ1) is 10.6. The van der Waals surface area contributed by atoms with Gasteiger partial charge in [-0.3, -0.25) is 9.79 Å². The first kappa shape index (κ1) is 16.7. The van der Waals surface area contributed by atoms with Gasteiger partial charge in [0.25, 0.3) is 0 Å². The molecule has 0 aliphatic carbocycles. The van der Waals surface area contributed by atoms with Gasteiger partial charge in [0.1, 0.15) is 5.01 Å². The molecule has 1 N–H and O–H groups in total. The number of hydrogen-bond acceptors (Lipinski definition) is 5. The summed E-state index contributed by atoms with van der Waals surface area (Å²) >= 11 is 1.65. The minimum Gasteiger partial charge on any atom is -0.466 e. The van der Waals surface area contributed by atoms with Crippen LogP contribution in [0, 0.1) is 12.8 Å². The number of ether oxygens (including phenoxy) is 1. The van der Waals surface area contributed by atoms with Crippen molar-refractivity contribution in [2.75, 3.05) is 26.7 Å². The molecule has 0 aromatic carbocycles. The molecule has 0 unspecified atom stereocenters. The fraction of sp³-hybridized carbons (Fsp3) is 0.667. The lowest BCUT2D eigenvalue weighted by molar-refractivity contribution is -0.149. The van der Waals surface area contributed by atoms with Gasteiger partial charge in [0, 0.05) is 31.2 Å². The Labute approximate surface area is 135 Å². The van der Waals surface area contributed by atoms with E-state index in [0.29, 0.717) is 13.2 Å². The number of aliphatic imine (C=N–C) groups is 1. The summed E-state index contributed by atoms with van der Waals surface area (Å²) in [5.74, 6) is 0.828. The van der Waals surface area contributed by atoms with Gasteiger partial charge in [0.15, 0.2) is 5.96 Å². The minimum atomic E-state index is -0.0663. The average Bonchev–Trinajstić information content (AvgIpc) is 2.94. The van der Waals surface area contributed by atoms with E-state index < -0.39 is 0 Å². The van der Waals surface area contributed by atoms with Crippen LogP contribution in [0.15, 0.2) is 10.4 Å². The highest BCUT2D eigenvalue weighted by molar-refractivity contribution is 7.09. The standard InChI is InChI=1S/C15H24N4O2S/c1-4-21-14(20)12-5-7-19(8-6-12)15(16-3)17-9-13-18-11(2)10-22-13/h10,12H,4-9H2,1-3H3,(H,16,17). The molecular formula is C15H24N4O2S. The van der Waals surface area contributed by atoms with Crippen molar-refractivity contribution in [3.8, 4) is 0 Å². The van der Waals surface area contributed by atoms with Gasteiger partial charge in [0.05, 0.1) is 19.1 Å². The normalized spacial score (nSPS) is 16.7. The highest BCUT2D eigenvalue weighted by Gasteiger charge is 2.27. The molecule has 0 spiro atoms. The lowest BCUT2D eigenvalue weighted by Gasteiger charge is -2.33. The zero-order chi connectivity index (χ0) is 15.9. The third kappa shape index (κ3) is 4.43. The van der Waals surface area contributed by atoms with Crippen molar-refractivity contribution in [2.45, 2.75) is 33.2 Å². The molecular weight excluding hydrogens is 300 g/mol. The number of carbonyl (C=O) groups excluding carboxylic acids is 1. The molecule has 2 heterocycles. The van der Waals surface area contributed by atoms with Gasteiger partial charge in [-0.1, -0.05) is 0 Å². The molecule has 0 bridgehead atoms. The van der Waals surface area contributed by atoms with Gasteiger partial charge in [-0.25, -0.2) is 4.98 Å². The highest BCUT2D eigenvalue weighted by atomic mass is 32.1. The van der Waals surface area contributed by atoms with Gasteiger partial charge in [0.2, 0.25) is 0 Å². The minimum absolute atomic E-state index is 0.0240. The number of hydrogen-bond donors (Lipinski definition) is 1. The molecule has 1 aliphatic heterocycles. The fourth-order valence-electron chi connectivity index (χ4n) is 2.56. The summed E-state index contributed by atoms with van der Waals surface area (Å²) in [6.45, 7) is 6.62. The summed E-state index contributed by atoms with van der Waals surface area (Å²) in [7, 11) is 1.78. The maximum atomic E-state index is 11.8. The molecule has 0 atom stereocenters. The average molecular weight is 324 g/mol. The van der Waals surface area contributed by atoms with Crippen molar-refractivity contribution in [3.63, 3.8) is 0 Å². The molecule has 0 amide bonds. The predicted octanol–water partition coefficient (Wildman–Crippen LogP) is 1.80. The van der Waals surface area contributed by atoms with Crippen LogP contribution in [0.4, 0.5) is 0 Å². The quantitative estimate of drug-likeness (QED) is 0.520. The molecule has 122 valence electrons. The fourth-order valence-corrected chi connectivity index (χ4v) is 3.27. The van der Waals surface area contributed by atoms with Crippen molar-refractivity contribution in [1.82, 2.24) is 15.2 Å². The van der Waals surface area contributed by atoms with Crippen LogP contribution in [-0.2, 0) is 16.1 Å². The number of aryl methyl sites for hydroxylation is 1. The SMILES string of the molecule is CCOC(=O)C1CCN(C(=NC)NCc2nc(C)cs2)CC1. The van der Waals surface area contributed by atoms with Crippen LogP contribution in [0.25, 0.3) is 0 Å². The van der Waals surface area contributed by atoms with Crippen LogP contribution in [0.2, 0.25) is 0 Å². The van der Waals surface area contributed by atoms with Gasteiger partial charge < -0.3 is 15.0 Å². The van der Waals surface area contributed by atoms with E-state index in [1.54, 1.807) is 18.4 Å². The number of guanidine groups is 1. The van der Waals surface area contributed by atoms with Gasteiger partial charge in [-0.05, 0) is 26.7 Å². The molecule has 1 aliphatic rings. The third-order valence-corrected chi connectivity index (χ3v) is 4.66. The van der Waals surface area contributed by atoms with Crippen molar-refractivity contribution in [1.29, 1.82) is 0 Å². The number of carbonyl (C=O) groups is 1. The summed E-state index contributed by atoms with van der Waals surface area (Å²) in [5.41, 5.74) is 1.05. The largest absolute Gasteiger partial charge is 0.466 e. The summed E-state index contributed by atoms with van der Waals surface area (Å²) in [5, 5.41) is 6.45. The molecule has 2 rings (SSSR count). The van der Waals surface area contributed by atoms with Crippen LogP contribution in [-0.4, -0.2) is 48.6 Å². The number of rotatable bonds is 4. The summed E-state index contributed by atoms with van der Waals surface area (Å²) in [6.07, 6.45) is 1.63. The van der Waals surface area contributed by atoms with Gasteiger partial charge >= 0.3 is 5.97 Å². The number of nitrogens with zero attached hydrogens (tertiary/aromatic N) is 3. The molecule has 0 radical (unpaired) electrons. The lowest BCUT2D eigenvalue weighted by Crippen LogP contribution is -2.46. The Morgan fingerprint density at radius 3 is 2.82 bits per heavy atom. The molecule has 1 aromatic rings. The zero-order valence-electron chi connectivity index (χ0n) is 13.5. The first-order valence-corrected chi connectivity index (χ1v) is 8.55. The predicted molar refractivity (Wildman–Crippen MR) is 88.0 cm³/mol. The summed E-state index contributed by atoms with van der Waals surface area (Å²) < 4.78 is 5.10. The molecule has 1 saturated heterocycles. The second-order valence-corrected chi connectivity index (χ2v) is 6.24. The van der Waals surface area contributed by atoms with E-state index >= 15 is 0 Å². The van der Waals surface area contributed by atoms with Crippen LogP contribution in [0.3, 0.4) is 0 Å². The van der Waals surface area contributed by atoms with Crippen molar-refractivity contribution < 1.29 is 9.53 Å². The van der Waals surface area contributed by atoms with Gasteiger partial charge in [-0.15, -0.1) is 11.3 Å². The van der Waals surface area contributed by atoms with Crippen LogP contribution in [0.1, 0.15) is 30.5 Å². The zero-order valence-corrected chi connectivity index (χ0v) is 14.3. The Morgan fingerprint density at radius 2 is 2.27 bits per heavy atom. The topological polar surface area (TPSA) is 66.8 Å². The monoisotopic (exact) mass is 324 g/mol. The van der Waals surface area contributed by atoms with Crippen LogP contribution < -0.4 is 5.32 Å². The van der Waals surface area contributed by atoms with E-state index in [2.05, 4.69) is 20.2 Å². The molecule has 7 heteroatoms. The van der Waals surface area contributed by atoms with Gasteiger partial charge in [-0.2, -0.15) is 0 Å². The Bertz CT molecular complexity index is 521. The lowest BCUT2D eigenvalue weighted by atomic mass is 9.97. The number of piperidine rings is 1. The Balaban J connectivity index is 1.82. The third-order valence-electron chi connectivity index (χ3n) is 3.69. The molecule has 1 fully saturated rings. The summed E-state index contributed by atoms with van der Waals surface area (Å²) in [4.78, 5) is 22.7. The van der Waals surface area contributed by atoms with E-state index in [-0.39, 0.29) is 11.9 Å². The Morgan fingerprint density at radius 1 is 1.55 bits per heavy atom. The number of aromatic nitrogens is 1. The van der Waals surface area contributed by atoms with Crippen LogP contribution >= 0.6 is 11.3 Å². The van der Waals surface area contributed by atoms with Crippen molar-refractivity contribution >= 4 is 23.3 Å². The van der Waals surface area contributed by atoms with E-state index in [9.17, 15) is 4.79 Å². The van der Waals surface area contributed by atoms with E-state index in [0.717, 1.165) is 42.6 Å². The van der Waals surface area contributed by atoms with E-state index in [4.69, 9.17) is 4.74 Å². The smallest absolute Gasteiger partial charge is 0.309 e. The maximum absolute atomic E-state index is 11.8. The maximum Gasteiger partial charge on any atom is 0.309 e. The summed E-state index contributed by atoms with van der Waals surface area (Å²) in [6, 6.07) is 0. The van der Waals surface area contributed by atoms with Crippen molar-refractivity contribution in [2.24, 2.45) is 10.9 Å². The second-order valence-electron chi connectivity index (χ2n) is 5.30. The second kappa shape index (κ2) is 8.12. The Kier molecular flexibility index (Phi) is 6.18. The highest BCUT2D eigenvalue weighted by Crippen LogP contribution is 2.19. The number of esters is 1. The van der Waals surface area contributed by atoms with E-state index in [1.807, 2.05) is 19.2 Å². The van der Waals surface area contributed by atoms with Crippen molar-refractivity contribution in [3.05, 3.63) is 16.1 Å². The van der Waals surface area contributed by atoms with Crippen LogP contribution in [0.5, 0.6) is 0 Å². The molecule has 0 saturated carbocycles.